The zero-order chi connectivity index (χ0) is 14.4. The molecule has 0 radical (unpaired) electrons. The van der Waals surface area contributed by atoms with Crippen LogP contribution < -0.4 is 0 Å². The lowest BCUT2D eigenvalue weighted by Gasteiger charge is -1.98. The van der Waals surface area contributed by atoms with E-state index in [-0.39, 0.29) is 30.9 Å². The molecule has 20 heavy (non-hydrogen) atoms. The lowest BCUT2D eigenvalue weighted by Crippen LogP contribution is -2.01. The Hall–Kier alpha value is -1.88. The summed E-state index contributed by atoms with van der Waals surface area (Å²) < 4.78 is 18.3. The van der Waals surface area contributed by atoms with E-state index >= 15 is 0 Å². The van der Waals surface area contributed by atoms with E-state index in [1.807, 2.05) is 0 Å². The third-order valence-electron chi connectivity index (χ3n) is 2.58. The minimum Gasteiger partial charge on any atom is -0.454 e. The van der Waals surface area contributed by atoms with Gasteiger partial charge in [0.15, 0.2) is 5.09 Å². The minimum absolute atomic E-state index is 0.0233. The van der Waals surface area contributed by atoms with Gasteiger partial charge in [-0.1, -0.05) is 11.8 Å². The monoisotopic (exact) mass is 292 g/mol. The number of furan rings is 1. The Kier molecular flexibility index (Phi) is 5.12. The molecule has 0 aliphatic rings. The number of halogens is 1. The second-order valence-corrected chi connectivity index (χ2v) is 5.28. The Balaban J connectivity index is 1.93. The van der Waals surface area contributed by atoms with Gasteiger partial charge >= 0.3 is 0 Å². The van der Waals surface area contributed by atoms with Gasteiger partial charge in [0.1, 0.15) is 23.6 Å². The van der Waals surface area contributed by atoms with Crippen molar-refractivity contribution in [3.05, 3.63) is 48.0 Å². The second kappa shape index (κ2) is 7.05. The van der Waals surface area contributed by atoms with E-state index in [1.54, 1.807) is 24.3 Å². The molecule has 0 atom stereocenters. The molecule has 3 nitrogen and oxygen atoms in total. The van der Waals surface area contributed by atoms with Crippen molar-refractivity contribution in [3.63, 3.8) is 0 Å². The SMILES string of the molecule is O=CCCC(=O)Cc1ccc(Sc2ccc(F)cc2)o1. The number of hydrogen-bond donors (Lipinski definition) is 0. The summed E-state index contributed by atoms with van der Waals surface area (Å²) in [5.74, 6) is 0.269. The van der Waals surface area contributed by atoms with Crippen LogP contribution in [0, 0.1) is 5.82 Å². The molecule has 0 amide bonds. The first-order chi connectivity index (χ1) is 9.67. The van der Waals surface area contributed by atoms with Gasteiger partial charge < -0.3 is 9.21 Å². The molecular formula is C15H13FO3S. The van der Waals surface area contributed by atoms with Gasteiger partial charge in [0.05, 0.1) is 6.42 Å². The predicted octanol–water partition coefficient (Wildman–Crippen LogP) is 3.66. The van der Waals surface area contributed by atoms with Crippen LogP contribution in [0.1, 0.15) is 18.6 Å². The molecule has 0 N–H and O–H groups in total. The van der Waals surface area contributed by atoms with E-state index < -0.39 is 0 Å². The first-order valence-electron chi connectivity index (χ1n) is 6.15. The van der Waals surface area contributed by atoms with E-state index in [1.165, 1.54) is 23.9 Å². The molecule has 5 heteroatoms. The summed E-state index contributed by atoms with van der Waals surface area (Å²) in [7, 11) is 0. The lowest BCUT2D eigenvalue weighted by molar-refractivity contribution is -0.120. The molecule has 104 valence electrons. The van der Waals surface area contributed by atoms with Crippen LogP contribution in [0.25, 0.3) is 0 Å². The number of carbonyl (C=O) groups excluding carboxylic acids is 2. The van der Waals surface area contributed by atoms with Crippen LogP contribution in [0.3, 0.4) is 0 Å². The molecule has 0 aliphatic heterocycles. The highest BCUT2D eigenvalue weighted by atomic mass is 32.2. The first kappa shape index (κ1) is 14.5. The van der Waals surface area contributed by atoms with Crippen LogP contribution in [0.15, 0.2) is 50.8 Å². The predicted molar refractivity (Wildman–Crippen MR) is 73.2 cm³/mol. The van der Waals surface area contributed by atoms with Crippen molar-refractivity contribution in [3.8, 4) is 0 Å². The maximum atomic E-state index is 12.8. The highest BCUT2D eigenvalue weighted by molar-refractivity contribution is 7.99. The summed E-state index contributed by atoms with van der Waals surface area (Å²) >= 11 is 1.36. The fraction of sp³-hybridized carbons (Fsp3) is 0.200. The van der Waals surface area contributed by atoms with E-state index in [2.05, 4.69) is 0 Å². The summed E-state index contributed by atoms with van der Waals surface area (Å²) in [6.45, 7) is 0. The third-order valence-corrected chi connectivity index (χ3v) is 3.51. The number of hydrogen-bond acceptors (Lipinski definition) is 4. The quantitative estimate of drug-likeness (QED) is 0.731. The largest absolute Gasteiger partial charge is 0.454 e. The maximum absolute atomic E-state index is 12.8. The number of ketones is 1. The van der Waals surface area contributed by atoms with E-state index in [0.29, 0.717) is 10.9 Å². The van der Waals surface area contributed by atoms with Crippen molar-refractivity contribution >= 4 is 23.8 Å². The summed E-state index contributed by atoms with van der Waals surface area (Å²) in [5.41, 5.74) is 0. The van der Waals surface area contributed by atoms with Crippen molar-refractivity contribution in [2.24, 2.45) is 0 Å². The van der Waals surface area contributed by atoms with Crippen molar-refractivity contribution in [2.45, 2.75) is 29.3 Å². The third kappa shape index (κ3) is 4.35. The first-order valence-corrected chi connectivity index (χ1v) is 6.96. The van der Waals surface area contributed by atoms with Crippen LogP contribution >= 0.6 is 11.8 Å². The average molecular weight is 292 g/mol. The van der Waals surface area contributed by atoms with Crippen LogP contribution in [-0.2, 0) is 16.0 Å². The molecule has 0 aliphatic carbocycles. The summed E-state index contributed by atoms with van der Waals surface area (Å²) in [6, 6.07) is 9.61. The molecular weight excluding hydrogens is 279 g/mol. The normalized spacial score (nSPS) is 10.4. The molecule has 1 heterocycles. The summed E-state index contributed by atoms with van der Waals surface area (Å²) in [5, 5.41) is 0.648. The van der Waals surface area contributed by atoms with Crippen LogP contribution in [0.2, 0.25) is 0 Å². The van der Waals surface area contributed by atoms with Crippen molar-refractivity contribution < 1.29 is 18.4 Å². The molecule has 2 aromatic rings. The van der Waals surface area contributed by atoms with Crippen molar-refractivity contribution in [1.29, 1.82) is 0 Å². The Morgan fingerprint density at radius 3 is 2.65 bits per heavy atom. The molecule has 0 saturated heterocycles. The standard InChI is InChI=1S/C15H13FO3S/c16-11-3-6-14(7-4-11)20-15-8-5-13(19-15)10-12(18)2-1-9-17/h3-9H,1-2,10H2. The number of aldehydes is 1. The molecule has 2 rings (SSSR count). The number of benzene rings is 1. The Morgan fingerprint density at radius 2 is 1.95 bits per heavy atom. The van der Waals surface area contributed by atoms with Gasteiger partial charge in [-0.15, -0.1) is 0 Å². The Labute approximate surface area is 120 Å². The molecule has 0 spiro atoms. The van der Waals surface area contributed by atoms with Crippen LogP contribution in [-0.4, -0.2) is 12.1 Å². The highest BCUT2D eigenvalue weighted by Crippen LogP contribution is 2.29. The summed E-state index contributed by atoms with van der Waals surface area (Å²) in [6.07, 6.45) is 1.41. The van der Waals surface area contributed by atoms with Gasteiger partial charge in [0.25, 0.3) is 0 Å². The molecule has 0 unspecified atom stereocenters. The van der Waals surface area contributed by atoms with E-state index in [9.17, 15) is 14.0 Å². The van der Waals surface area contributed by atoms with Crippen LogP contribution in [0.4, 0.5) is 4.39 Å². The van der Waals surface area contributed by atoms with Gasteiger partial charge in [-0.2, -0.15) is 0 Å². The van der Waals surface area contributed by atoms with Gasteiger partial charge in [0.2, 0.25) is 0 Å². The minimum atomic E-state index is -0.282. The van der Waals surface area contributed by atoms with Gasteiger partial charge in [-0.3, -0.25) is 4.79 Å². The fourth-order valence-electron chi connectivity index (χ4n) is 1.63. The fourth-order valence-corrected chi connectivity index (χ4v) is 2.42. The Bertz CT molecular complexity index is 589. The Morgan fingerprint density at radius 1 is 1.20 bits per heavy atom. The van der Waals surface area contributed by atoms with Gasteiger partial charge in [-0.05, 0) is 36.4 Å². The van der Waals surface area contributed by atoms with Crippen molar-refractivity contribution in [1.82, 2.24) is 0 Å². The van der Waals surface area contributed by atoms with E-state index in [0.717, 1.165) is 11.2 Å². The average Bonchev–Trinajstić information content (AvgIpc) is 2.86. The zero-order valence-corrected chi connectivity index (χ0v) is 11.5. The zero-order valence-electron chi connectivity index (χ0n) is 10.7. The topological polar surface area (TPSA) is 47.3 Å². The van der Waals surface area contributed by atoms with E-state index in [4.69, 9.17) is 4.42 Å². The maximum Gasteiger partial charge on any atom is 0.165 e. The number of Topliss-reactive ketones (excluding diaryl/α,β-unsaturated/α-hetero) is 1. The molecule has 1 aromatic heterocycles. The molecule has 0 bridgehead atoms. The molecule has 0 fully saturated rings. The molecule has 1 aromatic carbocycles. The summed E-state index contributed by atoms with van der Waals surface area (Å²) in [4.78, 5) is 22.6. The van der Waals surface area contributed by atoms with Crippen LogP contribution in [0.5, 0.6) is 0 Å². The van der Waals surface area contributed by atoms with Gasteiger partial charge in [-0.25, -0.2) is 4.39 Å². The second-order valence-electron chi connectivity index (χ2n) is 4.20. The number of rotatable bonds is 7. The van der Waals surface area contributed by atoms with Gasteiger partial charge in [0, 0.05) is 17.7 Å². The smallest absolute Gasteiger partial charge is 0.165 e. The number of carbonyl (C=O) groups is 2. The van der Waals surface area contributed by atoms with Crippen molar-refractivity contribution in [2.75, 3.05) is 0 Å². The molecule has 0 saturated carbocycles. The lowest BCUT2D eigenvalue weighted by atomic mass is 10.1. The highest BCUT2D eigenvalue weighted by Gasteiger charge is 2.09.